The second kappa shape index (κ2) is 23.6. The summed E-state index contributed by atoms with van der Waals surface area (Å²) in [6.45, 7) is 0. The van der Waals surface area contributed by atoms with E-state index in [1.165, 1.54) is 121 Å². The third-order valence-electron chi connectivity index (χ3n) is 18.4. The molecule has 14 aromatic carbocycles. The van der Waals surface area contributed by atoms with Gasteiger partial charge in [-0.3, -0.25) is 0 Å². The van der Waals surface area contributed by atoms with Crippen molar-refractivity contribution in [1.82, 2.24) is 23.7 Å². The van der Waals surface area contributed by atoms with E-state index < -0.39 is 7.12 Å². The Kier molecular flexibility index (Phi) is 14.3. The lowest BCUT2D eigenvalue weighted by Crippen LogP contribution is -2.29. The monoisotopic (exact) mass is 1340 g/mol. The van der Waals surface area contributed by atoms with Gasteiger partial charge in [-0.25, -0.2) is 0 Å². The molecule has 0 aliphatic rings. The van der Waals surface area contributed by atoms with E-state index in [-0.39, 0.29) is 0 Å². The number of H-pyrrole nitrogens is 2. The van der Waals surface area contributed by atoms with Gasteiger partial charge in [-0.05, 0) is 184 Å². The van der Waals surface area contributed by atoms with E-state index in [9.17, 15) is 10.0 Å². The highest BCUT2D eigenvalue weighted by atomic mass is 79.9. The van der Waals surface area contributed by atoms with Crippen molar-refractivity contribution in [3.63, 3.8) is 0 Å². The maximum Gasteiger partial charge on any atom is 0.488 e. The van der Waals surface area contributed by atoms with Crippen molar-refractivity contribution in [2.45, 2.75) is 0 Å². The molecule has 0 aliphatic carbocycles. The molecule has 5 aromatic heterocycles. The molecule has 19 aromatic rings. The number of para-hydroxylation sites is 6. The molecule has 19 rings (SSSR count). The quantitative estimate of drug-likeness (QED) is 0.120. The fourth-order valence-electron chi connectivity index (χ4n) is 14.0. The van der Waals surface area contributed by atoms with Gasteiger partial charge >= 0.3 is 7.12 Å². The molecule has 0 spiro atoms. The molecule has 446 valence electrons. The Hall–Kier alpha value is -11.0. The van der Waals surface area contributed by atoms with Crippen molar-refractivity contribution in [3.05, 3.63) is 324 Å². The molecule has 10 heteroatoms. The smallest absolute Gasteiger partial charge is 0.423 e. The lowest BCUT2D eigenvalue weighted by Gasteiger charge is -2.09. The van der Waals surface area contributed by atoms with E-state index in [0.717, 1.165) is 47.5 Å². The summed E-state index contributed by atoms with van der Waals surface area (Å²) in [6.07, 6.45) is 0. The van der Waals surface area contributed by atoms with Crippen LogP contribution >= 0.6 is 31.9 Å². The molecule has 0 saturated carbocycles. The van der Waals surface area contributed by atoms with Gasteiger partial charge in [0, 0.05) is 102 Å². The first kappa shape index (κ1) is 57.0. The number of hydrogen-bond acceptors (Lipinski definition) is 2. The minimum absolute atomic E-state index is 0.503. The highest BCUT2D eigenvalue weighted by Crippen LogP contribution is 2.40. The minimum atomic E-state index is -1.46. The summed E-state index contributed by atoms with van der Waals surface area (Å²) in [7, 11) is -1.46. The maximum atomic E-state index is 9.43. The van der Waals surface area contributed by atoms with Crippen molar-refractivity contribution in [1.29, 1.82) is 0 Å². The highest BCUT2D eigenvalue weighted by molar-refractivity contribution is 9.10. The number of nitrogens with one attached hydrogen (secondary N) is 2. The average molecular weight is 1340 g/mol. The zero-order valence-corrected chi connectivity index (χ0v) is 53.8. The molecular formula is C84H56BBr2N5O2. The summed E-state index contributed by atoms with van der Waals surface area (Å²) >= 11 is 6.99. The summed E-state index contributed by atoms with van der Waals surface area (Å²) in [5.74, 6) is 0. The molecule has 7 nitrogen and oxygen atoms in total. The van der Waals surface area contributed by atoms with Crippen LogP contribution in [0.3, 0.4) is 0 Å². The van der Waals surface area contributed by atoms with Crippen LogP contribution in [0.5, 0.6) is 0 Å². The van der Waals surface area contributed by atoms with Crippen LogP contribution in [0.4, 0.5) is 0 Å². The first-order valence-electron chi connectivity index (χ1n) is 31.4. The summed E-state index contributed by atoms with van der Waals surface area (Å²) in [5, 5.41) is 31.0. The van der Waals surface area contributed by atoms with E-state index in [4.69, 9.17) is 0 Å². The molecule has 0 bridgehead atoms. The summed E-state index contributed by atoms with van der Waals surface area (Å²) in [6, 6.07) is 112. The molecule has 0 aliphatic heterocycles. The lowest BCUT2D eigenvalue weighted by atomic mass is 9.80. The van der Waals surface area contributed by atoms with Crippen molar-refractivity contribution in [2.75, 3.05) is 0 Å². The number of rotatable bonds is 7. The van der Waals surface area contributed by atoms with E-state index in [1.54, 1.807) is 6.07 Å². The van der Waals surface area contributed by atoms with Gasteiger partial charge in [-0.2, -0.15) is 0 Å². The molecule has 4 N–H and O–H groups in total. The Morgan fingerprint density at radius 3 is 0.894 bits per heavy atom. The topological polar surface area (TPSA) is 86.8 Å². The molecule has 5 heterocycles. The van der Waals surface area contributed by atoms with Gasteiger partial charge in [-0.15, -0.1) is 0 Å². The number of hydrogen-bond donors (Lipinski definition) is 4. The SMILES string of the molecule is Brc1ccc2[nH]c3ccc(Br)cc3c2c1.OB(O)c1ccc2c(c1)c1ccccc1n2-c1ccccc1.c1ccc(-n2c3ccccc3c3cc(-c4ccc(-c5ccc6[nH]c7ccc(-c8ccc9c(c8)c8ccccc8n9-c8ccccc8)cc7c6c5)cc4)ccc32)cc1. The Morgan fingerprint density at radius 1 is 0.234 bits per heavy atom. The van der Waals surface area contributed by atoms with Gasteiger partial charge < -0.3 is 33.7 Å². The molecule has 0 atom stereocenters. The molecule has 94 heavy (non-hydrogen) atoms. The number of aromatic nitrogens is 5. The van der Waals surface area contributed by atoms with Gasteiger partial charge in [0.2, 0.25) is 0 Å². The average Bonchev–Trinajstić information content (AvgIpc) is 1.64. The van der Waals surface area contributed by atoms with Crippen molar-refractivity contribution in [2.24, 2.45) is 0 Å². The number of aromatic amines is 2. The fraction of sp³-hybridized carbons (Fsp3) is 0. The first-order chi connectivity index (χ1) is 46.2. The molecule has 0 radical (unpaired) electrons. The predicted molar refractivity (Wildman–Crippen MR) is 403 cm³/mol. The second-order valence-electron chi connectivity index (χ2n) is 23.9. The minimum Gasteiger partial charge on any atom is -0.423 e. The zero-order chi connectivity index (χ0) is 63.0. The van der Waals surface area contributed by atoms with Crippen LogP contribution in [0.1, 0.15) is 0 Å². The normalized spacial score (nSPS) is 11.6. The third kappa shape index (κ3) is 10.1. The van der Waals surface area contributed by atoms with Crippen molar-refractivity contribution < 1.29 is 10.0 Å². The van der Waals surface area contributed by atoms with Crippen LogP contribution in [-0.2, 0) is 0 Å². The standard InChI is InChI=1S/C54H35N3.C18H14BNO2.C12H7Br2N/c1-3-11-41(12-4-1)56-51-17-9-7-15-43(51)47-33-38(25-29-53(47)56)36-21-19-35(20-22-36)37-23-27-49-45(31-37)46-32-39(24-28-50(46)55-49)40-26-30-54-48(34-40)44-16-8-10-18-52(44)57(54)42-13-5-2-6-14-42;21-19(22)13-10-11-18-16(12-13)15-8-4-5-9-17(15)20(18)14-6-2-1-3-7-14;13-7-1-3-11-9(5-7)10-6-8(14)2-4-12(10)15-11/h1-34,55H;1-12,21-22H;1-6,15H. The van der Waals surface area contributed by atoms with Gasteiger partial charge in [0.05, 0.1) is 33.1 Å². The van der Waals surface area contributed by atoms with E-state index in [2.05, 4.69) is 310 Å². The molecule has 0 unspecified atom stereocenters. The van der Waals surface area contributed by atoms with E-state index in [1.807, 2.05) is 54.6 Å². The third-order valence-corrected chi connectivity index (χ3v) is 19.4. The summed E-state index contributed by atoms with van der Waals surface area (Å²) < 4.78 is 9.14. The fourth-order valence-corrected chi connectivity index (χ4v) is 14.7. The Labute approximate surface area is 558 Å². The maximum absolute atomic E-state index is 9.43. The lowest BCUT2D eigenvalue weighted by molar-refractivity contribution is 0.426. The Bertz CT molecular complexity index is 6050. The highest BCUT2D eigenvalue weighted by Gasteiger charge is 2.19. The van der Waals surface area contributed by atoms with Crippen molar-refractivity contribution in [3.8, 4) is 50.4 Å². The van der Waals surface area contributed by atoms with Crippen LogP contribution in [0.25, 0.3) is 159 Å². The molecule has 0 saturated heterocycles. The number of halogens is 2. The Morgan fingerprint density at radius 2 is 0.511 bits per heavy atom. The Balaban J connectivity index is 0.000000147. The van der Waals surface area contributed by atoms with Crippen molar-refractivity contribution >= 4 is 153 Å². The van der Waals surface area contributed by atoms with Crippen LogP contribution < -0.4 is 5.46 Å². The van der Waals surface area contributed by atoms with Gasteiger partial charge in [-0.1, -0.05) is 202 Å². The number of nitrogens with zero attached hydrogens (tertiary/aromatic N) is 3. The number of benzene rings is 14. The van der Waals surface area contributed by atoms with Crippen LogP contribution in [0.2, 0.25) is 0 Å². The van der Waals surface area contributed by atoms with Gasteiger partial charge in [0.1, 0.15) is 0 Å². The van der Waals surface area contributed by atoms with Crippen LogP contribution in [0.15, 0.2) is 324 Å². The van der Waals surface area contributed by atoms with E-state index in [0.29, 0.717) is 5.46 Å². The predicted octanol–water partition coefficient (Wildman–Crippen LogP) is 21.8. The largest absolute Gasteiger partial charge is 0.488 e. The summed E-state index contributed by atoms with van der Waals surface area (Å²) in [4.78, 5) is 7.07. The van der Waals surface area contributed by atoms with Crippen LogP contribution in [0, 0.1) is 0 Å². The molecule has 0 amide bonds. The number of fused-ring (bicyclic) bond motifs is 15. The van der Waals surface area contributed by atoms with Gasteiger partial charge in [0.25, 0.3) is 0 Å². The molecular weight excluding hydrogens is 1280 g/mol. The van der Waals surface area contributed by atoms with Gasteiger partial charge in [0.15, 0.2) is 0 Å². The second-order valence-corrected chi connectivity index (χ2v) is 25.7. The van der Waals surface area contributed by atoms with Crippen LogP contribution in [-0.4, -0.2) is 40.8 Å². The first-order valence-corrected chi connectivity index (χ1v) is 33.0. The molecule has 0 fully saturated rings. The zero-order valence-electron chi connectivity index (χ0n) is 50.6. The summed E-state index contributed by atoms with van der Waals surface area (Å²) in [5.41, 5.74) is 22.9. The van der Waals surface area contributed by atoms with E-state index >= 15 is 0 Å².